The van der Waals surface area contributed by atoms with E-state index >= 15 is 0 Å². The van der Waals surface area contributed by atoms with E-state index in [-0.39, 0.29) is 41.4 Å². The molecule has 2 aromatic carbocycles. The molecular weight excluding hydrogens is 424 g/mol. The summed E-state index contributed by atoms with van der Waals surface area (Å²) < 4.78 is 27.3. The lowest BCUT2D eigenvalue weighted by atomic mass is 9.97. The highest BCUT2D eigenvalue weighted by atomic mass is 32.2. The zero-order chi connectivity index (χ0) is 23.3. The lowest BCUT2D eigenvalue weighted by Gasteiger charge is -2.31. The number of aryl methyl sites for hydroxylation is 1. The van der Waals surface area contributed by atoms with Crippen molar-refractivity contribution in [3.63, 3.8) is 0 Å². The average Bonchev–Trinajstić information content (AvgIpc) is 2.80. The van der Waals surface area contributed by atoms with Gasteiger partial charge in [0.25, 0.3) is 0 Å². The number of benzene rings is 2. The number of amides is 1. The molecule has 0 radical (unpaired) electrons. The molecule has 1 amide bonds. The van der Waals surface area contributed by atoms with Gasteiger partial charge in [-0.25, -0.2) is 8.42 Å². The molecule has 1 aliphatic heterocycles. The maximum atomic E-state index is 13.0. The molecule has 32 heavy (non-hydrogen) atoms. The van der Waals surface area contributed by atoms with Gasteiger partial charge in [-0.15, -0.1) is 0 Å². The van der Waals surface area contributed by atoms with E-state index in [0.29, 0.717) is 19.4 Å². The Labute approximate surface area is 190 Å². The summed E-state index contributed by atoms with van der Waals surface area (Å²) in [5.41, 5.74) is 2.46. The fraction of sp³-hybridized carbons (Fsp3) is 0.417. The third kappa shape index (κ3) is 5.36. The van der Waals surface area contributed by atoms with Crippen LogP contribution in [0.4, 0.5) is 0 Å². The first-order valence-electron chi connectivity index (χ1n) is 10.7. The highest BCUT2D eigenvalue weighted by Crippen LogP contribution is 2.26. The van der Waals surface area contributed by atoms with E-state index in [9.17, 15) is 18.5 Å². The predicted octanol–water partition coefficient (Wildman–Crippen LogP) is 2.69. The molecule has 1 saturated heterocycles. The van der Waals surface area contributed by atoms with Crippen LogP contribution < -0.4 is 5.32 Å². The van der Waals surface area contributed by atoms with E-state index in [2.05, 4.69) is 34.5 Å². The molecular formula is C24H30N4O3S. The molecule has 0 aromatic heterocycles. The van der Waals surface area contributed by atoms with Crippen molar-refractivity contribution in [1.82, 2.24) is 14.5 Å². The van der Waals surface area contributed by atoms with Gasteiger partial charge in [-0.05, 0) is 51.6 Å². The summed E-state index contributed by atoms with van der Waals surface area (Å²) in [7, 11) is 0.212. The number of nitrogens with zero attached hydrogens (tertiary/aromatic N) is 3. The van der Waals surface area contributed by atoms with Crippen LogP contribution in [0.1, 0.15) is 35.6 Å². The summed E-state index contributed by atoms with van der Waals surface area (Å²) in [5, 5.41) is 12.3. The van der Waals surface area contributed by atoms with Gasteiger partial charge in [0.1, 0.15) is 6.07 Å². The number of carbonyl (C=O) groups excluding carboxylic acids is 1. The Morgan fingerprint density at radius 3 is 2.38 bits per heavy atom. The van der Waals surface area contributed by atoms with Crippen LogP contribution in [0.2, 0.25) is 0 Å². The van der Waals surface area contributed by atoms with Gasteiger partial charge in [-0.1, -0.05) is 42.0 Å². The van der Waals surface area contributed by atoms with Crippen LogP contribution in [0.15, 0.2) is 53.4 Å². The molecule has 1 aliphatic rings. The number of hydrogen-bond donors (Lipinski definition) is 1. The van der Waals surface area contributed by atoms with Gasteiger partial charge < -0.3 is 10.2 Å². The molecule has 0 spiro atoms. The maximum Gasteiger partial charge on any atom is 0.244 e. The van der Waals surface area contributed by atoms with Gasteiger partial charge in [-0.3, -0.25) is 4.79 Å². The summed E-state index contributed by atoms with van der Waals surface area (Å²) in [6.45, 7) is 3.05. The lowest BCUT2D eigenvalue weighted by molar-refractivity contribution is -0.126. The number of nitriles is 1. The Bertz CT molecular complexity index is 1080. The molecule has 170 valence electrons. The first kappa shape index (κ1) is 23.9. The summed E-state index contributed by atoms with van der Waals surface area (Å²) in [6, 6.07) is 16.5. The topological polar surface area (TPSA) is 93.5 Å². The van der Waals surface area contributed by atoms with E-state index in [1.165, 1.54) is 22.0 Å². The van der Waals surface area contributed by atoms with Crippen LogP contribution in [0.25, 0.3) is 0 Å². The van der Waals surface area contributed by atoms with Crippen LogP contribution in [0.3, 0.4) is 0 Å². The normalized spacial score (nSPS) is 16.5. The smallest absolute Gasteiger partial charge is 0.244 e. The zero-order valence-corrected chi connectivity index (χ0v) is 19.6. The molecule has 0 saturated carbocycles. The van der Waals surface area contributed by atoms with Crippen LogP contribution in [-0.2, 0) is 14.8 Å². The van der Waals surface area contributed by atoms with Crippen molar-refractivity contribution in [2.45, 2.75) is 30.7 Å². The van der Waals surface area contributed by atoms with E-state index in [1.54, 1.807) is 12.1 Å². The number of piperidine rings is 1. The second-order valence-electron chi connectivity index (χ2n) is 8.42. The Morgan fingerprint density at radius 1 is 1.16 bits per heavy atom. The van der Waals surface area contributed by atoms with Gasteiger partial charge in [0, 0.05) is 25.6 Å². The van der Waals surface area contributed by atoms with Crippen molar-refractivity contribution >= 4 is 15.9 Å². The Hall–Kier alpha value is -2.73. The molecule has 8 heteroatoms. The van der Waals surface area contributed by atoms with Crippen molar-refractivity contribution < 1.29 is 13.2 Å². The quantitative estimate of drug-likeness (QED) is 0.694. The molecule has 1 fully saturated rings. The third-order valence-corrected chi connectivity index (χ3v) is 7.96. The van der Waals surface area contributed by atoms with E-state index in [0.717, 1.165) is 5.56 Å². The van der Waals surface area contributed by atoms with Crippen molar-refractivity contribution in [1.29, 1.82) is 5.26 Å². The number of hydrogen-bond acceptors (Lipinski definition) is 5. The molecule has 1 atom stereocenters. The van der Waals surface area contributed by atoms with Gasteiger partial charge >= 0.3 is 0 Å². The van der Waals surface area contributed by atoms with Gasteiger partial charge in [-0.2, -0.15) is 9.57 Å². The van der Waals surface area contributed by atoms with Crippen LogP contribution >= 0.6 is 0 Å². The minimum Gasteiger partial charge on any atom is -0.354 e. The summed E-state index contributed by atoms with van der Waals surface area (Å²) in [4.78, 5) is 14.9. The fourth-order valence-corrected chi connectivity index (χ4v) is 5.62. The lowest BCUT2D eigenvalue weighted by Crippen LogP contribution is -2.44. The average molecular weight is 455 g/mol. The molecule has 3 rings (SSSR count). The first-order valence-corrected chi connectivity index (χ1v) is 12.2. The van der Waals surface area contributed by atoms with E-state index < -0.39 is 10.0 Å². The van der Waals surface area contributed by atoms with Crippen molar-refractivity contribution in [2.24, 2.45) is 5.92 Å². The van der Waals surface area contributed by atoms with Gasteiger partial charge in [0.05, 0.1) is 16.5 Å². The fourth-order valence-electron chi connectivity index (χ4n) is 4.01. The van der Waals surface area contributed by atoms with Crippen LogP contribution in [0.5, 0.6) is 0 Å². The molecule has 0 aliphatic carbocycles. The SMILES string of the molecule is Cc1ccc(C(CNC(=O)C2CCN(S(=O)(=O)c3ccccc3C#N)CC2)N(C)C)cc1. The summed E-state index contributed by atoms with van der Waals surface area (Å²) in [5.74, 6) is -0.271. The van der Waals surface area contributed by atoms with Gasteiger partial charge in [0.2, 0.25) is 15.9 Å². The maximum absolute atomic E-state index is 13.0. The van der Waals surface area contributed by atoms with Crippen molar-refractivity contribution in [3.05, 3.63) is 65.2 Å². The minimum absolute atomic E-state index is 0.0253. The number of nitrogens with one attached hydrogen (secondary N) is 1. The molecule has 2 aromatic rings. The van der Waals surface area contributed by atoms with E-state index in [1.807, 2.05) is 27.1 Å². The molecule has 1 N–H and O–H groups in total. The first-order chi connectivity index (χ1) is 15.2. The van der Waals surface area contributed by atoms with Crippen LogP contribution in [-0.4, -0.2) is 57.3 Å². The predicted molar refractivity (Wildman–Crippen MR) is 123 cm³/mol. The number of sulfonamides is 1. The van der Waals surface area contributed by atoms with Crippen molar-refractivity contribution in [3.8, 4) is 6.07 Å². The monoisotopic (exact) mass is 454 g/mol. The largest absolute Gasteiger partial charge is 0.354 e. The Morgan fingerprint density at radius 2 is 1.78 bits per heavy atom. The van der Waals surface area contributed by atoms with Gasteiger partial charge in [0.15, 0.2) is 0 Å². The second-order valence-corrected chi connectivity index (χ2v) is 10.3. The molecule has 1 heterocycles. The number of rotatable bonds is 7. The zero-order valence-electron chi connectivity index (χ0n) is 18.8. The minimum atomic E-state index is -3.76. The highest BCUT2D eigenvalue weighted by Gasteiger charge is 2.33. The summed E-state index contributed by atoms with van der Waals surface area (Å²) in [6.07, 6.45) is 0.911. The molecule has 1 unspecified atom stereocenters. The number of carbonyl (C=O) groups is 1. The second kappa shape index (κ2) is 10.3. The summed E-state index contributed by atoms with van der Waals surface area (Å²) >= 11 is 0. The Kier molecular flexibility index (Phi) is 7.67. The molecule has 7 nitrogen and oxygen atoms in total. The van der Waals surface area contributed by atoms with Crippen molar-refractivity contribution in [2.75, 3.05) is 33.7 Å². The third-order valence-electron chi connectivity index (χ3n) is 6.01. The van der Waals surface area contributed by atoms with Crippen LogP contribution in [0, 0.1) is 24.2 Å². The highest BCUT2D eigenvalue weighted by molar-refractivity contribution is 7.89. The standard InChI is InChI=1S/C24H30N4O3S/c1-18-8-10-19(11-9-18)22(27(2)3)17-26-24(29)20-12-14-28(15-13-20)32(30,31)23-7-5-4-6-21(23)16-25/h4-11,20,22H,12-15,17H2,1-3H3,(H,26,29). The number of likely N-dealkylation sites (N-methyl/N-ethyl adjacent to an activating group) is 1. The molecule has 0 bridgehead atoms. The van der Waals surface area contributed by atoms with E-state index in [4.69, 9.17) is 0 Å². The Balaban J connectivity index is 1.59.